The van der Waals surface area contributed by atoms with Crippen LogP contribution in [0.2, 0.25) is 0 Å². The second-order valence-corrected chi connectivity index (χ2v) is 13.1. The van der Waals surface area contributed by atoms with Crippen LogP contribution in [0.15, 0.2) is 57.6 Å². The van der Waals surface area contributed by atoms with Crippen molar-refractivity contribution in [3.63, 3.8) is 0 Å². The van der Waals surface area contributed by atoms with Gasteiger partial charge in [0.15, 0.2) is 5.76 Å². The number of hydrogen-bond donors (Lipinski definition) is 2. The van der Waals surface area contributed by atoms with E-state index >= 15 is 0 Å². The number of carbonyl (C=O) groups is 1. The van der Waals surface area contributed by atoms with Crippen molar-refractivity contribution in [3.8, 4) is 0 Å². The van der Waals surface area contributed by atoms with Gasteiger partial charge in [-0.3, -0.25) is 9.79 Å². The molecular weight excluding hydrogens is 580 g/mol. The molecular formula is C37H56N4O5. The Morgan fingerprint density at radius 2 is 1.63 bits per heavy atom. The van der Waals surface area contributed by atoms with Gasteiger partial charge in [-0.1, -0.05) is 45.4 Å². The Labute approximate surface area is 276 Å². The van der Waals surface area contributed by atoms with E-state index in [-0.39, 0.29) is 34.3 Å². The molecule has 0 atom stereocenters. The fourth-order valence-electron chi connectivity index (χ4n) is 5.96. The Morgan fingerprint density at radius 3 is 2.24 bits per heavy atom. The van der Waals surface area contributed by atoms with E-state index in [1.165, 1.54) is 51.0 Å². The highest BCUT2D eigenvalue weighted by Gasteiger charge is 2.43. The maximum Gasteiger partial charge on any atom is 0.291 e. The molecule has 0 saturated carbocycles. The maximum absolute atomic E-state index is 13.3. The molecule has 1 fully saturated rings. The van der Waals surface area contributed by atoms with Crippen molar-refractivity contribution in [2.75, 3.05) is 40.4 Å². The third-order valence-electron chi connectivity index (χ3n) is 8.24. The Kier molecular flexibility index (Phi) is 13.1. The quantitative estimate of drug-likeness (QED) is 0.116. The summed E-state index contributed by atoms with van der Waals surface area (Å²) in [7, 11) is 2.99. The second kappa shape index (κ2) is 16.3. The molecule has 1 aromatic heterocycles. The number of nitrogens with zero attached hydrogens (tertiary/aromatic N) is 2. The van der Waals surface area contributed by atoms with Crippen molar-refractivity contribution in [2.24, 2.45) is 4.99 Å². The summed E-state index contributed by atoms with van der Waals surface area (Å²) in [5.41, 5.74) is 4.21. The van der Waals surface area contributed by atoms with Gasteiger partial charge in [0.2, 0.25) is 5.88 Å². The van der Waals surface area contributed by atoms with Gasteiger partial charge in [-0.2, -0.15) is 0 Å². The molecule has 3 heterocycles. The third kappa shape index (κ3) is 9.48. The number of aryl methyl sites for hydroxylation is 1. The number of carbonyl (C=O) groups excluding carboxylic acids is 1. The van der Waals surface area contributed by atoms with Gasteiger partial charge < -0.3 is 34.2 Å². The van der Waals surface area contributed by atoms with E-state index in [0.717, 1.165) is 30.8 Å². The van der Waals surface area contributed by atoms with Crippen molar-refractivity contribution in [1.82, 2.24) is 15.5 Å². The molecule has 46 heavy (non-hydrogen) atoms. The van der Waals surface area contributed by atoms with Crippen LogP contribution in [0.1, 0.15) is 113 Å². The van der Waals surface area contributed by atoms with Crippen LogP contribution in [0.3, 0.4) is 0 Å². The van der Waals surface area contributed by atoms with Gasteiger partial charge in [0.05, 0.1) is 37.8 Å². The smallest absolute Gasteiger partial charge is 0.291 e. The first-order chi connectivity index (χ1) is 21.8. The van der Waals surface area contributed by atoms with Crippen LogP contribution in [-0.2, 0) is 31.8 Å². The number of fused-ring (bicyclic) bond motifs is 1. The highest BCUT2D eigenvalue weighted by molar-refractivity contribution is 5.93. The topological polar surface area (TPSA) is 97.6 Å². The van der Waals surface area contributed by atoms with Gasteiger partial charge in [0.1, 0.15) is 17.2 Å². The number of furan rings is 1. The van der Waals surface area contributed by atoms with Crippen LogP contribution in [-0.4, -0.2) is 57.0 Å². The van der Waals surface area contributed by atoms with Crippen LogP contribution in [0.4, 0.5) is 0 Å². The molecule has 9 nitrogen and oxygen atoms in total. The standard InChI is InChI=1S/C34H48N4O5.C3H8/c1-22-19-27-28(34(6,7)43-33(27,4)5)21-25(22)20-26-13-14-29(42-26)31(39)37-30(23(2)40-8)32(41-9)36-24(3)35-15-18-38-16-11-10-12-17-38;1-3-2/h13-14,19,21H,2,10-12,15-18,20H2,1,3-9H3,(H,35,36)(H,37,39);3H2,1-2H3/b32-30-;. The molecule has 2 N–H and O–H groups in total. The van der Waals surface area contributed by atoms with Gasteiger partial charge >= 0.3 is 0 Å². The van der Waals surface area contributed by atoms with Crippen molar-refractivity contribution in [1.29, 1.82) is 0 Å². The van der Waals surface area contributed by atoms with Crippen LogP contribution in [0.25, 0.3) is 0 Å². The fourth-order valence-corrected chi connectivity index (χ4v) is 5.96. The molecule has 1 aromatic carbocycles. The number of ether oxygens (including phenoxy) is 3. The van der Waals surface area contributed by atoms with E-state index in [4.69, 9.17) is 18.6 Å². The number of rotatable bonds is 11. The number of benzene rings is 1. The number of amides is 1. The number of methoxy groups -OCH3 is 2. The average Bonchev–Trinajstić information content (AvgIpc) is 3.54. The average molecular weight is 637 g/mol. The Bertz CT molecular complexity index is 1410. The first-order valence-electron chi connectivity index (χ1n) is 16.5. The number of hydrogen-bond acceptors (Lipinski definition) is 7. The second-order valence-electron chi connectivity index (χ2n) is 13.1. The molecule has 2 aliphatic rings. The Hall–Kier alpha value is -3.56. The Morgan fingerprint density at radius 1 is 1.00 bits per heavy atom. The van der Waals surface area contributed by atoms with Gasteiger partial charge in [0.25, 0.3) is 5.91 Å². The van der Waals surface area contributed by atoms with Gasteiger partial charge in [0, 0.05) is 13.0 Å². The summed E-state index contributed by atoms with van der Waals surface area (Å²) < 4.78 is 23.3. The molecule has 2 aliphatic heterocycles. The summed E-state index contributed by atoms with van der Waals surface area (Å²) in [5.74, 6) is 1.56. The van der Waals surface area contributed by atoms with E-state index in [9.17, 15) is 4.79 Å². The van der Waals surface area contributed by atoms with E-state index in [1.807, 2.05) is 13.0 Å². The number of amidine groups is 1. The molecule has 254 valence electrons. The third-order valence-corrected chi connectivity index (χ3v) is 8.24. The molecule has 0 spiro atoms. The highest BCUT2D eigenvalue weighted by atomic mass is 16.5. The summed E-state index contributed by atoms with van der Waals surface area (Å²) in [4.78, 5) is 20.4. The van der Waals surface area contributed by atoms with E-state index in [1.54, 1.807) is 6.07 Å². The molecule has 1 amide bonds. The number of piperidine rings is 1. The highest BCUT2D eigenvalue weighted by Crippen LogP contribution is 2.47. The van der Waals surface area contributed by atoms with Crippen LogP contribution >= 0.6 is 0 Å². The first-order valence-corrected chi connectivity index (χ1v) is 16.5. The normalized spacial score (nSPS) is 17.7. The molecule has 0 bridgehead atoms. The summed E-state index contributed by atoms with van der Waals surface area (Å²) in [6.45, 7) is 24.4. The summed E-state index contributed by atoms with van der Waals surface area (Å²) in [6, 6.07) is 7.92. The van der Waals surface area contributed by atoms with Crippen LogP contribution in [0, 0.1) is 6.92 Å². The van der Waals surface area contributed by atoms with Gasteiger partial charge in [-0.15, -0.1) is 0 Å². The largest absolute Gasteiger partial charge is 0.495 e. The zero-order chi connectivity index (χ0) is 34.1. The lowest BCUT2D eigenvalue weighted by molar-refractivity contribution is -0.105. The first kappa shape index (κ1) is 36.9. The minimum Gasteiger partial charge on any atom is -0.495 e. The van der Waals surface area contributed by atoms with Crippen molar-refractivity contribution in [2.45, 2.75) is 98.7 Å². The van der Waals surface area contributed by atoms with E-state index in [2.05, 4.69) is 87.7 Å². The SMILES string of the molecule is C=C(OC)/C(NC(=O)c1ccc(Cc2cc3c(cc2C)C(C)(C)OC3(C)C)o1)=C(\NC(C)=NCCN1CCCCC1)OC.CCC. The van der Waals surface area contributed by atoms with Gasteiger partial charge in [-0.05, 0) is 102 Å². The lowest BCUT2D eigenvalue weighted by atomic mass is 9.86. The zero-order valence-corrected chi connectivity index (χ0v) is 29.8. The lowest BCUT2D eigenvalue weighted by Gasteiger charge is -2.25. The van der Waals surface area contributed by atoms with Crippen molar-refractivity contribution < 1.29 is 23.4 Å². The summed E-state index contributed by atoms with van der Waals surface area (Å²) >= 11 is 0. The summed E-state index contributed by atoms with van der Waals surface area (Å²) in [6.07, 6.45) is 5.60. The predicted molar refractivity (Wildman–Crippen MR) is 185 cm³/mol. The monoisotopic (exact) mass is 636 g/mol. The molecule has 2 aromatic rings. The van der Waals surface area contributed by atoms with Crippen molar-refractivity contribution >= 4 is 11.7 Å². The lowest BCUT2D eigenvalue weighted by Crippen LogP contribution is -2.33. The molecule has 0 unspecified atom stereocenters. The maximum atomic E-state index is 13.3. The van der Waals surface area contributed by atoms with Gasteiger partial charge in [-0.25, -0.2) is 0 Å². The van der Waals surface area contributed by atoms with Crippen molar-refractivity contribution in [3.05, 3.63) is 82.0 Å². The molecule has 4 rings (SSSR count). The van der Waals surface area contributed by atoms with E-state index in [0.29, 0.717) is 24.6 Å². The Balaban J connectivity index is 0.00000185. The molecule has 9 heteroatoms. The zero-order valence-electron chi connectivity index (χ0n) is 29.8. The number of aliphatic imine (C=N–C) groups is 1. The van der Waals surface area contributed by atoms with Crippen LogP contribution < -0.4 is 10.6 Å². The molecule has 0 radical (unpaired) electrons. The molecule has 0 aliphatic carbocycles. The predicted octanol–water partition coefficient (Wildman–Crippen LogP) is 7.29. The number of nitrogens with one attached hydrogen (secondary N) is 2. The minimum atomic E-state index is -0.447. The minimum absolute atomic E-state index is 0.169. The van der Waals surface area contributed by atoms with E-state index < -0.39 is 5.91 Å². The summed E-state index contributed by atoms with van der Waals surface area (Å²) in [5, 5.41) is 5.99. The fraction of sp³-hybridized carbons (Fsp3) is 0.568. The van der Waals surface area contributed by atoms with Crippen LogP contribution in [0.5, 0.6) is 0 Å². The molecule has 1 saturated heterocycles. The number of likely N-dealkylation sites (tertiary alicyclic amines) is 1.